The molecule has 1 fully saturated rings. The van der Waals surface area contributed by atoms with Gasteiger partial charge in [0.1, 0.15) is 11.6 Å². The van der Waals surface area contributed by atoms with Crippen molar-refractivity contribution in [1.29, 1.82) is 0 Å². The summed E-state index contributed by atoms with van der Waals surface area (Å²) in [5.74, 6) is 2.06. The van der Waals surface area contributed by atoms with Gasteiger partial charge in [-0.1, -0.05) is 22.4 Å². The third kappa shape index (κ3) is 3.36. The summed E-state index contributed by atoms with van der Waals surface area (Å²) < 4.78 is 5.47. The molecule has 0 radical (unpaired) electrons. The Hall–Kier alpha value is -4.49. The minimum Gasteiger partial charge on any atom is -0.361 e. The summed E-state index contributed by atoms with van der Waals surface area (Å²) in [7, 11) is 0. The Morgan fingerprint density at radius 2 is 1.77 bits per heavy atom. The standard InChI is InChI=1S/C26H22N8O/c1-15-23(16(2)35-32-15)18-13-19(24-20(14-18)30-25(31-24)17-9-10-17)26(33-34-27,21-7-3-5-11-28-21)22-8-4-6-12-29-22/h3-8,11-14,17H,9-10H2,1-2H3,(H,30,31). The van der Waals surface area contributed by atoms with Gasteiger partial charge in [0.2, 0.25) is 0 Å². The largest absolute Gasteiger partial charge is 0.361 e. The monoisotopic (exact) mass is 462 g/mol. The van der Waals surface area contributed by atoms with Crippen molar-refractivity contribution in [1.82, 2.24) is 25.1 Å². The van der Waals surface area contributed by atoms with E-state index in [0.29, 0.717) is 28.6 Å². The van der Waals surface area contributed by atoms with Gasteiger partial charge in [0.05, 0.1) is 28.1 Å². The summed E-state index contributed by atoms with van der Waals surface area (Å²) in [6.45, 7) is 3.80. The number of aryl methyl sites for hydroxylation is 2. The number of aromatic amines is 1. The number of nitrogens with one attached hydrogen (secondary N) is 1. The van der Waals surface area contributed by atoms with Crippen LogP contribution in [0.5, 0.6) is 0 Å². The zero-order valence-corrected chi connectivity index (χ0v) is 19.3. The van der Waals surface area contributed by atoms with Crippen LogP contribution >= 0.6 is 0 Å². The predicted octanol–water partition coefficient (Wildman–Crippen LogP) is 6.10. The molecule has 0 saturated heterocycles. The summed E-state index contributed by atoms with van der Waals surface area (Å²) in [6, 6.07) is 15.2. The lowest BCUT2D eigenvalue weighted by molar-refractivity contribution is 0.393. The lowest BCUT2D eigenvalue weighted by Gasteiger charge is -2.29. The van der Waals surface area contributed by atoms with E-state index in [-0.39, 0.29) is 0 Å². The van der Waals surface area contributed by atoms with E-state index in [2.05, 4.69) is 36.2 Å². The fourth-order valence-electron chi connectivity index (χ4n) is 4.79. The molecular weight excluding hydrogens is 440 g/mol. The Balaban J connectivity index is 1.76. The maximum Gasteiger partial charge on any atom is 0.160 e. The highest BCUT2D eigenvalue weighted by molar-refractivity contribution is 5.88. The van der Waals surface area contributed by atoms with E-state index in [9.17, 15) is 5.53 Å². The van der Waals surface area contributed by atoms with E-state index in [4.69, 9.17) is 9.51 Å². The first-order valence-corrected chi connectivity index (χ1v) is 11.5. The number of pyridine rings is 2. The van der Waals surface area contributed by atoms with Gasteiger partial charge in [0.25, 0.3) is 0 Å². The Morgan fingerprint density at radius 1 is 1.06 bits per heavy atom. The van der Waals surface area contributed by atoms with Gasteiger partial charge in [0.15, 0.2) is 5.54 Å². The smallest absolute Gasteiger partial charge is 0.160 e. The first-order valence-electron chi connectivity index (χ1n) is 11.5. The number of imidazole rings is 1. The minimum atomic E-state index is -1.35. The molecule has 6 rings (SSSR count). The van der Waals surface area contributed by atoms with E-state index in [1.54, 1.807) is 12.4 Å². The predicted molar refractivity (Wildman–Crippen MR) is 131 cm³/mol. The first kappa shape index (κ1) is 21.1. The SMILES string of the molecule is Cc1noc(C)c1-c1cc(C(N=[N+]=[N-])(c2ccccn2)c2ccccn2)c2nc(C3CC3)[nH]c2c1. The van der Waals surface area contributed by atoms with Gasteiger partial charge < -0.3 is 9.51 Å². The molecule has 0 spiro atoms. The zero-order valence-electron chi connectivity index (χ0n) is 19.3. The molecule has 0 atom stereocenters. The molecule has 1 N–H and O–H groups in total. The van der Waals surface area contributed by atoms with Crippen LogP contribution in [0.2, 0.25) is 0 Å². The van der Waals surface area contributed by atoms with Crippen LogP contribution in [-0.2, 0) is 5.54 Å². The molecule has 1 aliphatic carbocycles. The van der Waals surface area contributed by atoms with Crippen LogP contribution in [0.3, 0.4) is 0 Å². The van der Waals surface area contributed by atoms with E-state index >= 15 is 0 Å². The highest BCUT2D eigenvalue weighted by Crippen LogP contribution is 2.46. The number of H-pyrrole nitrogens is 1. The molecule has 172 valence electrons. The third-order valence-electron chi connectivity index (χ3n) is 6.55. The molecule has 35 heavy (non-hydrogen) atoms. The molecule has 1 aliphatic rings. The van der Waals surface area contributed by atoms with Gasteiger partial charge in [-0.25, -0.2) is 4.98 Å². The molecule has 4 aromatic heterocycles. The quantitative estimate of drug-likeness (QED) is 0.185. The lowest BCUT2D eigenvalue weighted by atomic mass is 9.81. The number of azide groups is 1. The van der Waals surface area contributed by atoms with Crippen LogP contribution in [0.4, 0.5) is 0 Å². The van der Waals surface area contributed by atoms with Crippen molar-refractivity contribution in [2.45, 2.75) is 38.1 Å². The van der Waals surface area contributed by atoms with Crippen LogP contribution in [-0.4, -0.2) is 25.1 Å². The van der Waals surface area contributed by atoms with Gasteiger partial charge in [0, 0.05) is 34.4 Å². The van der Waals surface area contributed by atoms with Crippen LogP contribution in [0.1, 0.15) is 53.0 Å². The summed E-state index contributed by atoms with van der Waals surface area (Å²) in [5, 5.41) is 8.57. The van der Waals surface area contributed by atoms with Crippen molar-refractivity contribution < 1.29 is 4.52 Å². The number of nitrogens with zero attached hydrogens (tertiary/aromatic N) is 7. The summed E-state index contributed by atoms with van der Waals surface area (Å²) in [5.41, 5.74) is 14.5. The van der Waals surface area contributed by atoms with E-state index < -0.39 is 5.54 Å². The van der Waals surface area contributed by atoms with E-state index in [1.165, 1.54) is 0 Å². The Bertz CT molecular complexity index is 1520. The molecule has 9 heteroatoms. The average molecular weight is 463 g/mol. The van der Waals surface area contributed by atoms with Crippen molar-refractivity contribution in [3.8, 4) is 11.1 Å². The normalized spacial score (nSPS) is 13.7. The molecule has 0 aliphatic heterocycles. The molecular formula is C26H22N8O. The van der Waals surface area contributed by atoms with Crippen molar-refractivity contribution in [2.75, 3.05) is 0 Å². The van der Waals surface area contributed by atoms with Gasteiger partial charge >= 0.3 is 0 Å². The number of aromatic nitrogens is 5. The molecule has 1 saturated carbocycles. The van der Waals surface area contributed by atoms with Crippen molar-refractivity contribution in [3.63, 3.8) is 0 Å². The number of fused-ring (bicyclic) bond motifs is 1. The summed E-state index contributed by atoms with van der Waals surface area (Å²) in [4.78, 5) is 21.1. The molecule has 4 heterocycles. The number of benzene rings is 1. The fraction of sp³-hybridized carbons (Fsp3) is 0.231. The van der Waals surface area contributed by atoms with Crippen LogP contribution < -0.4 is 0 Å². The second-order valence-corrected chi connectivity index (χ2v) is 8.85. The van der Waals surface area contributed by atoms with Gasteiger partial charge in [-0.2, -0.15) is 0 Å². The fourth-order valence-corrected chi connectivity index (χ4v) is 4.79. The van der Waals surface area contributed by atoms with Gasteiger partial charge in [-0.3, -0.25) is 9.97 Å². The van der Waals surface area contributed by atoms with Crippen molar-refractivity contribution in [3.05, 3.63) is 106 Å². The van der Waals surface area contributed by atoms with E-state index in [1.807, 2.05) is 56.3 Å². The Labute approximate surface area is 200 Å². The van der Waals surface area contributed by atoms with Gasteiger partial charge in [-0.15, -0.1) is 0 Å². The molecule has 5 aromatic rings. The second kappa shape index (κ2) is 8.07. The minimum absolute atomic E-state index is 0.413. The topological polar surface area (TPSA) is 129 Å². The first-order chi connectivity index (χ1) is 17.1. The lowest BCUT2D eigenvalue weighted by Crippen LogP contribution is -2.29. The molecule has 0 bridgehead atoms. The molecule has 9 nitrogen and oxygen atoms in total. The van der Waals surface area contributed by atoms with Crippen molar-refractivity contribution in [2.24, 2.45) is 5.11 Å². The van der Waals surface area contributed by atoms with Crippen LogP contribution in [0.25, 0.3) is 32.6 Å². The second-order valence-electron chi connectivity index (χ2n) is 8.85. The van der Waals surface area contributed by atoms with Crippen LogP contribution in [0, 0.1) is 13.8 Å². The maximum absolute atomic E-state index is 9.85. The zero-order chi connectivity index (χ0) is 24.0. The highest BCUT2D eigenvalue weighted by Gasteiger charge is 2.41. The Kier molecular flexibility index (Phi) is 4.86. The molecule has 0 unspecified atom stereocenters. The molecule has 1 aromatic carbocycles. The van der Waals surface area contributed by atoms with Gasteiger partial charge in [-0.05, 0) is 74.2 Å². The van der Waals surface area contributed by atoms with Crippen LogP contribution in [0.15, 0.2) is 70.6 Å². The number of hydrogen-bond donors (Lipinski definition) is 1. The van der Waals surface area contributed by atoms with E-state index in [0.717, 1.165) is 46.5 Å². The maximum atomic E-state index is 9.85. The Morgan fingerprint density at radius 3 is 2.31 bits per heavy atom. The summed E-state index contributed by atoms with van der Waals surface area (Å²) in [6.07, 6.45) is 5.59. The summed E-state index contributed by atoms with van der Waals surface area (Å²) >= 11 is 0. The number of rotatable bonds is 6. The number of hydrogen-bond acceptors (Lipinski definition) is 6. The highest BCUT2D eigenvalue weighted by atomic mass is 16.5. The average Bonchev–Trinajstić information content (AvgIpc) is 3.57. The van der Waals surface area contributed by atoms with Crippen molar-refractivity contribution >= 4 is 11.0 Å². The third-order valence-corrected chi connectivity index (χ3v) is 6.55. The molecule has 0 amide bonds.